The van der Waals surface area contributed by atoms with Gasteiger partial charge in [0.05, 0.1) is 6.20 Å². The smallest absolute Gasteiger partial charge is 0.232 e. The number of hydrogen-bond acceptors (Lipinski definition) is 2. The highest BCUT2D eigenvalue weighted by Crippen LogP contribution is 2.18. The first-order valence-electron chi connectivity index (χ1n) is 4.68. The van der Waals surface area contributed by atoms with E-state index in [1.807, 2.05) is 24.3 Å². The van der Waals surface area contributed by atoms with Gasteiger partial charge in [0.2, 0.25) is 11.3 Å². The molecule has 3 N–H and O–H groups in total. The van der Waals surface area contributed by atoms with E-state index in [9.17, 15) is 4.21 Å². The number of benzene rings is 1. The highest BCUT2D eigenvalue weighted by atomic mass is 32.2. The molecule has 2 aromatic rings. The summed E-state index contributed by atoms with van der Waals surface area (Å²) < 4.78 is 21.5. The SMILES string of the molecule is O=S(O)NCc1cccc(-c2cn[nH]c2)c1. The largest absolute Gasteiger partial charge is 0.294 e. The number of aromatic nitrogens is 2. The lowest BCUT2D eigenvalue weighted by atomic mass is 10.1. The van der Waals surface area contributed by atoms with Gasteiger partial charge in [-0.3, -0.25) is 9.65 Å². The second kappa shape index (κ2) is 5.02. The van der Waals surface area contributed by atoms with Crippen LogP contribution < -0.4 is 4.72 Å². The molecule has 0 saturated heterocycles. The van der Waals surface area contributed by atoms with E-state index in [0.29, 0.717) is 6.54 Å². The van der Waals surface area contributed by atoms with Gasteiger partial charge in [-0.25, -0.2) is 8.93 Å². The summed E-state index contributed by atoms with van der Waals surface area (Å²) in [6, 6.07) is 7.71. The summed E-state index contributed by atoms with van der Waals surface area (Å²) in [5.74, 6) is 0. The summed E-state index contributed by atoms with van der Waals surface area (Å²) in [4.78, 5) is 0. The molecule has 6 heteroatoms. The molecule has 1 atom stereocenters. The normalized spacial score (nSPS) is 12.6. The second-order valence-corrected chi connectivity index (χ2v) is 4.04. The number of nitrogens with zero attached hydrogens (tertiary/aromatic N) is 1. The van der Waals surface area contributed by atoms with Gasteiger partial charge in [-0.2, -0.15) is 5.10 Å². The molecule has 1 aromatic heterocycles. The molecule has 0 amide bonds. The van der Waals surface area contributed by atoms with E-state index >= 15 is 0 Å². The molecule has 0 spiro atoms. The van der Waals surface area contributed by atoms with Crippen LogP contribution in [0.1, 0.15) is 5.56 Å². The fourth-order valence-corrected chi connectivity index (χ4v) is 1.70. The lowest BCUT2D eigenvalue weighted by Crippen LogP contribution is -2.15. The van der Waals surface area contributed by atoms with Crippen molar-refractivity contribution in [3.8, 4) is 11.1 Å². The zero-order valence-electron chi connectivity index (χ0n) is 8.38. The first kappa shape index (κ1) is 11.0. The molecule has 5 nitrogen and oxygen atoms in total. The minimum absolute atomic E-state index is 0.356. The molecule has 0 bridgehead atoms. The Kier molecular flexibility index (Phi) is 3.45. The Hall–Kier alpha value is -1.50. The maximum atomic E-state index is 10.5. The Bertz CT molecular complexity index is 485. The number of rotatable bonds is 4. The Labute approximate surface area is 95.3 Å². The van der Waals surface area contributed by atoms with Crippen LogP contribution in [0.15, 0.2) is 36.7 Å². The Balaban J connectivity index is 2.17. The fourth-order valence-electron chi connectivity index (χ4n) is 1.41. The predicted molar refractivity (Wildman–Crippen MR) is 61.6 cm³/mol. The molecule has 1 aromatic carbocycles. The molecule has 84 valence electrons. The Morgan fingerprint density at radius 2 is 2.31 bits per heavy atom. The van der Waals surface area contributed by atoms with Crippen LogP contribution in [-0.4, -0.2) is 19.0 Å². The third-order valence-corrected chi connectivity index (χ3v) is 2.55. The summed E-state index contributed by atoms with van der Waals surface area (Å²) in [5.41, 5.74) is 2.96. The average Bonchev–Trinajstić information content (AvgIpc) is 2.80. The molecule has 0 aliphatic carbocycles. The fraction of sp³-hybridized carbons (Fsp3) is 0.100. The first-order chi connectivity index (χ1) is 7.75. The summed E-state index contributed by atoms with van der Waals surface area (Å²) >= 11 is -1.98. The van der Waals surface area contributed by atoms with Crippen LogP contribution in [0.2, 0.25) is 0 Å². The topological polar surface area (TPSA) is 78.0 Å². The van der Waals surface area contributed by atoms with E-state index in [-0.39, 0.29) is 0 Å². The van der Waals surface area contributed by atoms with Crippen LogP contribution in [0.3, 0.4) is 0 Å². The standard InChI is InChI=1S/C10H11N3O2S/c14-16(15)13-5-8-2-1-3-9(4-8)10-6-11-12-7-10/h1-4,6-7,13H,5H2,(H,11,12)(H,14,15). The molecule has 1 unspecified atom stereocenters. The van der Waals surface area contributed by atoms with E-state index in [1.165, 1.54) is 0 Å². The molecular formula is C10H11N3O2S. The number of nitrogens with one attached hydrogen (secondary N) is 2. The number of H-pyrrole nitrogens is 1. The van der Waals surface area contributed by atoms with Crippen LogP contribution in [0.4, 0.5) is 0 Å². The van der Waals surface area contributed by atoms with Gasteiger partial charge in [-0.1, -0.05) is 18.2 Å². The van der Waals surface area contributed by atoms with Gasteiger partial charge in [0.25, 0.3) is 0 Å². The maximum absolute atomic E-state index is 10.5. The van der Waals surface area contributed by atoms with Crippen molar-refractivity contribution in [2.24, 2.45) is 0 Å². The van der Waals surface area contributed by atoms with Crippen LogP contribution in [0.25, 0.3) is 11.1 Å². The monoisotopic (exact) mass is 237 g/mol. The molecule has 1 heterocycles. The molecule has 0 saturated carbocycles. The molecular weight excluding hydrogens is 226 g/mol. The van der Waals surface area contributed by atoms with Crippen LogP contribution in [-0.2, 0) is 17.8 Å². The van der Waals surface area contributed by atoms with Gasteiger partial charge in [-0.05, 0) is 17.2 Å². The lowest BCUT2D eigenvalue weighted by molar-refractivity contribution is 0.548. The van der Waals surface area contributed by atoms with E-state index in [2.05, 4.69) is 14.9 Å². The van der Waals surface area contributed by atoms with Crippen molar-refractivity contribution in [2.45, 2.75) is 6.54 Å². The van der Waals surface area contributed by atoms with Crippen molar-refractivity contribution in [2.75, 3.05) is 0 Å². The minimum atomic E-state index is -1.98. The molecule has 0 fully saturated rings. The maximum Gasteiger partial charge on any atom is 0.232 e. The molecule has 0 aliphatic rings. The summed E-state index contributed by atoms with van der Waals surface area (Å²) in [6.45, 7) is 0.356. The van der Waals surface area contributed by atoms with Gasteiger partial charge in [-0.15, -0.1) is 0 Å². The zero-order chi connectivity index (χ0) is 11.4. The van der Waals surface area contributed by atoms with Gasteiger partial charge < -0.3 is 0 Å². The Morgan fingerprint density at radius 3 is 3.00 bits per heavy atom. The van der Waals surface area contributed by atoms with E-state index in [0.717, 1.165) is 16.7 Å². The predicted octanol–water partition coefficient (Wildman–Crippen LogP) is 1.30. The summed E-state index contributed by atoms with van der Waals surface area (Å²) in [6.07, 6.45) is 3.54. The Morgan fingerprint density at radius 1 is 1.44 bits per heavy atom. The van der Waals surface area contributed by atoms with Crippen molar-refractivity contribution in [3.05, 3.63) is 42.2 Å². The van der Waals surface area contributed by atoms with Crippen molar-refractivity contribution < 1.29 is 8.76 Å². The van der Waals surface area contributed by atoms with Crippen molar-refractivity contribution in [1.82, 2.24) is 14.9 Å². The van der Waals surface area contributed by atoms with Crippen LogP contribution in [0, 0.1) is 0 Å². The third-order valence-electron chi connectivity index (χ3n) is 2.16. The van der Waals surface area contributed by atoms with Crippen molar-refractivity contribution in [3.63, 3.8) is 0 Å². The third kappa shape index (κ3) is 2.75. The number of aromatic amines is 1. The van der Waals surface area contributed by atoms with Crippen molar-refractivity contribution >= 4 is 11.3 Å². The molecule has 0 aliphatic heterocycles. The first-order valence-corrected chi connectivity index (χ1v) is 5.79. The van der Waals surface area contributed by atoms with Gasteiger partial charge in [0.15, 0.2) is 0 Å². The average molecular weight is 237 g/mol. The zero-order valence-corrected chi connectivity index (χ0v) is 9.20. The lowest BCUT2D eigenvalue weighted by Gasteiger charge is -2.03. The van der Waals surface area contributed by atoms with Crippen LogP contribution in [0.5, 0.6) is 0 Å². The van der Waals surface area contributed by atoms with E-state index in [1.54, 1.807) is 12.4 Å². The molecule has 2 rings (SSSR count). The van der Waals surface area contributed by atoms with E-state index < -0.39 is 11.3 Å². The highest BCUT2D eigenvalue weighted by Gasteiger charge is 2.00. The quantitative estimate of drug-likeness (QED) is 0.701. The second-order valence-electron chi connectivity index (χ2n) is 3.26. The summed E-state index contributed by atoms with van der Waals surface area (Å²) in [7, 11) is 0. The molecule has 0 radical (unpaired) electrons. The van der Waals surface area contributed by atoms with E-state index in [4.69, 9.17) is 4.55 Å². The molecule has 16 heavy (non-hydrogen) atoms. The van der Waals surface area contributed by atoms with Crippen LogP contribution >= 0.6 is 0 Å². The number of hydrogen-bond donors (Lipinski definition) is 3. The van der Waals surface area contributed by atoms with Gasteiger partial charge in [0.1, 0.15) is 0 Å². The minimum Gasteiger partial charge on any atom is -0.294 e. The highest BCUT2D eigenvalue weighted by molar-refractivity contribution is 7.77. The van der Waals surface area contributed by atoms with Gasteiger partial charge in [0, 0.05) is 18.3 Å². The van der Waals surface area contributed by atoms with Gasteiger partial charge >= 0.3 is 0 Å². The van der Waals surface area contributed by atoms with Crippen molar-refractivity contribution in [1.29, 1.82) is 0 Å². The summed E-state index contributed by atoms with van der Waals surface area (Å²) in [5, 5.41) is 6.62.